The molecule has 2 unspecified atom stereocenters. The largest absolute Gasteiger partial charge is 0.485 e. The first-order valence-electron chi connectivity index (χ1n) is 8.03. The van der Waals surface area contributed by atoms with Gasteiger partial charge in [-0.05, 0) is 20.8 Å². The summed E-state index contributed by atoms with van der Waals surface area (Å²) in [5, 5.41) is 9.76. The Kier molecular flexibility index (Phi) is 9.58. The molecule has 1 aromatic rings. The molecule has 9 heteroatoms. The Morgan fingerprint density at radius 1 is 1.15 bits per heavy atom. The monoisotopic (exact) mass is 383 g/mol. The summed E-state index contributed by atoms with van der Waals surface area (Å²) in [6, 6.07) is -1.13. The van der Waals surface area contributed by atoms with Crippen molar-refractivity contribution >= 4 is 5.97 Å². The minimum Gasteiger partial charge on any atom is -0.485 e. The van der Waals surface area contributed by atoms with Crippen molar-refractivity contribution in [3.8, 4) is 5.75 Å². The van der Waals surface area contributed by atoms with E-state index < -0.39 is 59.3 Å². The van der Waals surface area contributed by atoms with Gasteiger partial charge in [-0.2, -0.15) is 8.78 Å². The van der Waals surface area contributed by atoms with Crippen molar-refractivity contribution < 1.29 is 36.9 Å². The third-order valence-corrected chi connectivity index (χ3v) is 2.79. The second-order valence-corrected chi connectivity index (χ2v) is 6.13. The molecule has 1 aromatic carbocycles. The van der Waals surface area contributed by atoms with Crippen molar-refractivity contribution in [2.45, 2.75) is 58.8 Å². The molecule has 26 heavy (non-hydrogen) atoms. The zero-order valence-electron chi connectivity index (χ0n) is 15.4. The van der Waals surface area contributed by atoms with Gasteiger partial charge < -0.3 is 20.3 Å². The molecule has 0 saturated carbocycles. The molecule has 2 atom stereocenters. The van der Waals surface area contributed by atoms with Crippen LogP contribution in [0.25, 0.3) is 0 Å². The van der Waals surface area contributed by atoms with Crippen molar-refractivity contribution in [2.75, 3.05) is 6.61 Å². The number of aliphatic hydroxyl groups is 1. The van der Waals surface area contributed by atoms with Gasteiger partial charge in [0.05, 0.1) is 6.42 Å². The van der Waals surface area contributed by atoms with Gasteiger partial charge in [-0.15, -0.1) is 0 Å². The fourth-order valence-corrected chi connectivity index (χ4v) is 1.68. The Morgan fingerprint density at radius 3 is 2.04 bits per heavy atom. The molecule has 5 nitrogen and oxygen atoms in total. The van der Waals surface area contributed by atoms with E-state index in [1.807, 2.05) is 13.8 Å². The van der Waals surface area contributed by atoms with Crippen molar-refractivity contribution in [3.05, 3.63) is 29.3 Å². The van der Waals surface area contributed by atoms with Crippen molar-refractivity contribution in [2.24, 2.45) is 5.73 Å². The van der Waals surface area contributed by atoms with Gasteiger partial charge in [0.15, 0.2) is 17.4 Å². The number of aliphatic hydroxyl groups excluding tert-OH is 1. The lowest BCUT2D eigenvalue weighted by Gasteiger charge is -2.23. The molecular weight excluding hydrogens is 358 g/mol. The van der Waals surface area contributed by atoms with Crippen LogP contribution in [-0.2, 0) is 9.53 Å². The Labute approximate surface area is 150 Å². The topological polar surface area (TPSA) is 81.8 Å². The van der Waals surface area contributed by atoms with Gasteiger partial charge in [0, 0.05) is 12.1 Å². The summed E-state index contributed by atoms with van der Waals surface area (Å²) in [7, 11) is 0. The zero-order chi connectivity index (χ0) is 20.7. The highest BCUT2D eigenvalue weighted by Crippen LogP contribution is 2.26. The van der Waals surface area contributed by atoms with Crippen LogP contribution in [0, 0.1) is 23.3 Å². The SMILES string of the molecule is CC.CC(C)(C)OC(=O)CC(N)C(O)COc1c(F)c(F)cc(F)c1F. The normalized spacial score (nSPS) is 13.3. The maximum atomic E-state index is 13.4. The highest BCUT2D eigenvalue weighted by atomic mass is 19.2. The predicted octanol–water partition coefficient (Wildman–Crippen LogP) is 3.07. The molecule has 0 heterocycles. The van der Waals surface area contributed by atoms with E-state index in [1.165, 1.54) is 0 Å². The number of rotatable bonds is 6. The van der Waals surface area contributed by atoms with Gasteiger partial charge in [-0.3, -0.25) is 4.79 Å². The number of carbonyl (C=O) groups is 1. The van der Waals surface area contributed by atoms with E-state index in [4.69, 9.17) is 10.5 Å². The molecule has 150 valence electrons. The number of halogens is 4. The molecule has 0 fully saturated rings. The molecule has 0 bridgehead atoms. The lowest BCUT2D eigenvalue weighted by Crippen LogP contribution is -2.41. The van der Waals surface area contributed by atoms with Crippen LogP contribution in [0.4, 0.5) is 17.6 Å². The molecule has 0 aliphatic rings. The highest BCUT2D eigenvalue weighted by Gasteiger charge is 2.25. The van der Waals surface area contributed by atoms with Crippen LogP contribution in [0.2, 0.25) is 0 Å². The van der Waals surface area contributed by atoms with Crippen molar-refractivity contribution in [1.82, 2.24) is 0 Å². The number of carbonyl (C=O) groups excluding carboxylic acids is 1. The van der Waals surface area contributed by atoms with Crippen LogP contribution >= 0.6 is 0 Å². The predicted molar refractivity (Wildman–Crippen MR) is 87.6 cm³/mol. The first-order chi connectivity index (χ1) is 11.9. The Balaban J connectivity index is 0.00000301. The molecule has 0 aromatic heterocycles. The quantitative estimate of drug-likeness (QED) is 0.448. The fourth-order valence-electron chi connectivity index (χ4n) is 1.68. The van der Waals surface area contributed by atoms with Crippen LogP contribution in [0.3, 0.4) is 0 Å². The fraction of sp³-hybridized carbons (Fsp3) is 0.588. The summed E-state index contributed by atoms with van der Waals surface area (Å²) >= 11 is 0. The molecule has 0 aliphatic heterocycles. The van der Waals surface area contributed by atoms with E-state index in [1.54, 1.807) is 20.8 Å². The maximum absolute atomic E-state index is 13.4. The van der Waals surface area contributed by atoms with Crippen molar-refractivity contribution in [1.29, 1.82) is 0 Å². The molecule has 0 spiro atoms. The molecular formula is C17H25F4NO4. The Morgan fingerprint density at radius 2 is 1.62 bits per heavy atom. The molecule has 3 N–H and O–H groups in total. The zero-order valence-corrected chi connectivity index (χ0v) is 15.4. The third kappa shape index (κ3) is 7.57. The lowest BCUT2D eigenvalue weighted by molar-refractivity contribution is -0.156. The number of ether oxygens (including phenoxy) is 2. The minimum absolute atomic E-state index is 0.0300. The number of esters is 1. The van der Waals surface area contributed by atoms with E-state index in [0.717, 1.165) is 0 Å². The second kappa shape index (κ2) is 10.3. The van der Waals surface area contributed by atoms with Crippen LogP contribution in [0.1, 0.15) is 41.0 Å². The van der Waals surface area contributed by atoms with Crippen molar-refractivity contribution in [3.63, 3.8) is 0 Å². The average Bonchev–Trinajstić information content (AvgIpc) is 2.52. The van der Waals surface area contributed by atoms with Gasteiger partial charge in [-0.25, -0.2) is 8.78 Å². The maximum Gasteiger partial charge on any atom is 0.307 e. The summed E-state index contributed by atoms with van der Waals surface area (Å²) in [6.45, 7) is 8.14. The first kappa shape index (κ1) is 24.1. The van der Waals surface area contributed by atoms with E-state index in [-0.39, 0.29) is 12.5 Å². The van der Waals surface area contributed by atoms with Crippen LogP contribution in [0.15, 0.2) is 6.07 Å². The molecule has 0 saturated heterocycles. The third-order valence-electron chi connectivity index (χ3n) is 2.79. The average molecular weight is 383 g/mol. The van der Waals surface area contributed by atoms with Crippen LogP contribution in [0.5, 0.6) is 5.75 Å². The van der Waals surface area contributed by atoms with Crippen LogP contribution < -0.4 is 10.5 Å². The first-order valence-corrected chi connectivity index (χ1v) is 8.03. The lowest BCUT2D eigenvalue weighted by atomic mass is 10.1. The molecule has 0 amide bonds. The number of nitrogens with two attached hydrogens (primary N) is 1. The summed E-state index contributed by atoms with van der Waals surface area (Å²) in [5.41, 5.74) is 4.82. The van der Waals surface area contributed by atoms with Gasteiger partial charge in [0.1, 0.15) is 18.3 Å². The summed E-state index contributed by atoms with van der Waals surface area (Å²) < 4.78 is 62.4. The van der Waals surface area contributed by atoms with Crippen LogP contribution in [-0.4, -0.2) is 35.4 Å². The number of hydrogen-bond acceptors (Lipinski definition) is 5. The standard InChI is InChI=1S/C15H19F4NO4.C2H6/c1-15(2,3)24-11(22)5-9(20)10(21)6-23-14-12(18)7(16)4-8(17)13(14)19;1-2/h4,9-10,21H,5-6,20H2,1-3H3;1-2H3. The Bertz CT molecular complexity index is 579. The molecule has 0 aliphatic carbocycles. The summed E-state index contributed by atoms with van der Waals surface area (Å²) in [5.74, 6) is -8.75. The minimum atomic E-state index is -1.73. The van der Waals surface area contributed by atoms with Gasteiger partial charge >= 0.3 is 5.97 Å². The van der Waals surface area contributed by atoms with E-state index >= 15 is 0 Å². The molecule has 0 radical (unpaired) electrons. The number of benzene rings is 1. The molecule has 1 rings (SSSR count). The summed E-state index contributed by atoms with van der Waals surface area (Å²) in [6.07, 6.45) is -1.91. The summed E-state index contributed by atoms with van der Waals surface area (Å²) in [4.78, 5) is 11.6. The highest BCUT2D eigenvalue weighted by molar-refractivity contribution is 5.70. The smallest absolute Gasteiger partial charge is 0.307 e. The van der Waals surface area contributed by atoms with E-state index in [9.17, 15) is 27.5 Å². The number of hydrogen-bond donors (Lipinski definition) is 2. The van der Waals surface area contributed by atoms with E-state index in [0.29, 0.717) is 0 Å². The van der Waals surface area contributed by atoms with Gasteiger partial charge in [0.2, 0.25) is 11.6 Å². The van der Waals surface area contributed by atoms with E-state index in [2.05, 4.69) is 4.74 Å². The Hall–Kier alpha value is -1.87. The van der Waals surface area contributed by atoms with Gasteiger partial charge in [0.25, 0.3) is 0 Å². The second-order valence-electron chi connectivity index (χ2n) is 6.13. The van der Waals surface area contributed by atoms with Gasteiger partial charge in [-0.1, -0.05) is 13.8 Å².